The third-order valence-corrected chi connectivity index (χ3v) is 10.4. The van der Waals surface area contributed by atoms with Gasteiger partial charge in [0.2, 0.25) is 41.4 Å². The van der Waals surface area contributed by atoms with Gasteiger partial charge in [-0.1, -0.05) is 60.2 Å². The summed E-state index contributed by atoms with van der Waals surface area (Å²) in [6.07, 6.45) is 3.84. The molecule has 2 aromatic rings. The third-order valence-electron chi connectivity index (χ3n) is 10.4. The molecule has 7 amide bonds. The third kappa shape index (κ3) is 20.5. The molecule has 0 radical (unpaired) electrons. The molecule has 0 bridgehead atoms. The molecule has 0 unspecified atom stereocenters. The standard InChI is InChI=1S/C44H65N11O9/c1-28-18-20-29(21-19-28)13-9-17-36(56)48-22-7-5-14-31(45)39(60)49-23-8-6-15-33-41(62)53-32(16-10-24-50-44(46)47)40(61)51-27-37(57)52-35(26-38(58)59)43(64)55-34(42(63)54-33)25-30-11-3-2-4-12-30/h2-4,11-12,18-21,31-35H,5-10,13-17,22-27,45H2,1H3,(H,48,56)(H,49,60)(H,51,61)(H,52,57)(H,53,62)(H,54,63)(H,55,64)(H,58,59)(H4,46,47,50)/t31-,32-,33-,34+,35-/m0/s1. The van der Waals surface area contributed by atoms with E-state index in [4.69, 9.17) is 17.2 Å². The van der Waals surface area contributed by atoms with Crippen molar-refractivity contribution in [3.05, 3.63) is 71.3 Å². The predicted molar refractivity (Wildman–Crippen MR) is 239 cm³/mol. The molecule has 1 aliphatic heterocycles. The van der Waals surface area contributed by atoms with E-state index >= 15 is 0 Å². The van der Waals surface area contributed by atoms with Crippen molar-refractivity contribution in [1.29, 1.82) is 0 Å². The number of aryl methyl sites for hydroxylation is 2. The fourth-order valence-electron chi connectivity index (χ4n) is 6.80. The molecule has 0 aromatic heterocycles. The number of carboxylic acids is 1. The van der Waals surface area contributed by atoms with Gasteiger partial charge in [0.05, 0.1) is 19.0 Å². The van der Waals surface area contributed by atoms with Crippen LogP contribution in [0.4, 0.5) is 0 Å². The van der Waals surface area contributed by atoms with Crippen molar-refractivity contribution in [2.24, 2.45) is 22.2 Å². The molecule has 1 saturated heterocycles. The highest BCUT2D eigenvalue weighted by molar-refractivity contribution is 5.98. The summed E-state index contributed by atoms with van der Waals surface area (Å²) in [6, 6.07) is 10.8. The number of carbonyl (C=O) groups excluding carboxylic acids is 7. The van der Waals surface area contributed by atoms with Crippen LogP contribution in [0.3, 0.4) is 0 Å². The second-order valence-corrected chi connectivity index (χ2v) is 15.8. The first-order valence-corrected chi connectivity index (χ1v) is 21.8. The van der Waals surface area contributed by atoms with Gasteiger partial charge in [-0.15, -0.1) is 0 Å². The lowest BCUT2D eigenvalue weighted by molar-refractivity contribution is -0.141. The van der Waals surface area contributed by atoms with Crippen LogP contribution in [0.2, 0.25) is 0 Å². The minimum absolute atomic E-state index is 0.0196. The highest BCUT2D eigenvalue weighted by Crippen LogP contribution is 2.11. The Labute approximate surface area is 373 Å². The van der Waals surface area contributed by atoms with Crippen molar-refractivity contribution in [1.82, 2.24) is 37.2 Å². The Kier molecular flexibility index (Phi) is 22.8. The van der Waals surface area contributed by atoms with Gasteiger partial charge >= 0.3 is 5.97 Å². The van der Waals surface area contributed by atoms with Crippen LogP contribution in [-0.2, 0) is 51.2 Å². The molecule has 0 spiro atoms. The van der Waals surface area contributed by atoms with Gasteiger partial charge in [-0.2, -0.15) is 0 Å². The van der Waals surface area contributed by atoms with Crippen LogP contribution in [0.1, 0.15) is 87.3 Å². The molecule has 0 aliphatic carbocycles. The number of nitrogens with one attached hydrogen (secondary N) is 7. The molecule has 1 fully saturated rings. The molecule has 1 heterocycles. The van der Waals surface area contributed by atoms with Gasteiger partial charge in [-0.25, -0.2) is 0 Å². The Morgan fingerprint density at radius 1 is 0.719 bits per heavy atom. The van der Waals surface area contributed by atoms with Gasteiger partial charge in [0.1, 0.15) is 24.2 Å². The average molecular weight is 892 g/mol. The number of unbranched alkanes of at least 4 members (excludes halogenated alkanes) is 2. The van der Waals surface area contributed by atoms with Crippen molar-refractivity contribution in [3.8, 4) is 0 Å². The summed E-state index contributed by atoms with van der Waals surface area (Å²) >= 11 is 0. The molecule has 14 N–H and O–H groups in total. The van der Waals surface area contributed by atoms with E-state index in [-0.39, 0.29) is 56.5 Å². The number of carbonyl (C=O) groups is 8. The van der Waals surface area contributed by atoms with E-state index in [0.717, 1.165) is 12.8 Å². The molecule has 3 rings (SSSR count). The summed E-state index contributed by atoms with van der Waals surface area (Å²) in [5.74, 6) is -6.07. The maximum absolute atomic E-state index is 14.0. The average Bonchev–Trinajstić information content (AvgIpc) is 3.25. The maximum atomic E-state index is 14.0. The number of nitrogens with zero attached hydrogens (tertiary/aromatic N) is 1. The number of aliphatic imine (C=N–C) groups is 1. The number of aliphatic carboxylic acids is 1. The summed E-state index contributed by atoms with van der Waals surface area (Å²) in [5, 5.41) is 27.8. The minimum atomic E-state index is -1.61. The summed E-state index contributed by atoms with van der Waals surface area (Å²) < 4.78 is 0. The molecule has 20 heteroatoms. The van der Waals surface area contributed by atoms with Crippen molar-refractivity contribution in [3.63, 3.8) is 0 Å². The number of hydrogen-bond donors (Lipinski definition) is 11. The number of amides is 7. The van der Waals surface area contributed by atoms with Crippen LogP contribution in [0.25, 0.3) is 0 Å². The zero-order valence-electron chi connectivity index (χ0n) is 36.5. The number of hydrogen-bond acceptors (Lipinski definition) is 10. The fraction of sp³-hybridized carbons (Fsp3) is 0.523. The van der Waals surface area contributed by atoms with Crippen LogP contribution in [0.5, 0.6) is 0 Å². The molecule has 5 atom stereocenters. The van der Waals surface area contributed by atoms with E-state index in [2.05, 4.69) is 66.5 Å². The van der Waals surface area contributed by atoms with Crippen molar-refractivity contribution in [2.45, 2.75) is 121 Å². The first-order chi connectivity index (χ1) is 30.6. The molecular formula is C44H65N11O9. The molecule has 2 aromatic carbocycles. The Hall–Kier alpha value is -6.57. The first kappa shape index (κ1) is 51.8. The Balaban J connectivity index is 1.61. The smallest absolute Gasteiger partial charge is 0.305 e. The molecule has 0 saturated carbocycles. The summed E-state index contributed by atoms with van der Waals surface area (Å²) in [4.78, 5) is 108. The lowest BCUT2D eigenvalue weighted by atomic mass is 10.0. The van der Waals surface area contributed by atoms with Crippen LogP contribution in [0, 0.1) is 6.92 Å². The maximum Gasteiger partial charge on any atom is 0.305 e. The van der Waals surface area contributed by atoms with E-state index < -0.39 is 78.7 Å². The Morgan fingerprint density at radius 3 is 2.02 bits per heavy atom. The highest BCUT2D eigenvalue weighted by Gasteiger charge is 2.33. The van der Waals surface area contributed by atoms with Crippen LogP contribution in [-0.4, -0.2) is 115 Å². The molecule has 64 heavy (non-hydrogen) atoms. The summed E-state index contributed by atoms with van der Waals surface area (Å²) in [6.45, 7) is 2.19. The largest absolute Gasteiger partial charge is 0.481 e. The zero-order chi connectivity index (χ0) is 46.9. The molecule has 1 aliphatic rings. The monoisotopic (exact) mass is 891 g/mol. The molecule has 350 valence electrons. The van der Waals surface area contributed by atoms with Crippen LogP contribution < -0.4 is 54.4 Å². The normalized spacial score (nSPS) is 18.9. The Bertz CT molecular complexity index is 1890. The number of carboxylic acid groups (broad SMARTS) is 1. The number of rotatable bonds is 23. The van der Waals surface area contributed by atoms with Gasteiger partial charge in [0, 0.05) is 32.5 Å². The second-order valence-electron chi connectivity index (χ2n) is 15.8. The zero-order valence-corrected chi connectivity index (χ0v) is 36.5. The van der Waals surface area contributed by atoms with Gasteiger partial charge in [0.25, 0.3) is 0 Å². The van der Waals surface area contributed by atoms with Gasteiger partial charge < -0.3 is 59.5 Å². The first-order valence-electron chi connectivity index (χ1n) is 21.8. The van der Waals surface area contributed by atoms with Gasteiger partial charge in [-0.3, -0.25) is 43.3 Å². The fourth-order valence-corrected chi connectivity index (χ4v) is 6.80. The van der Waals surface area contributed by atoms with Crippen molar-refractivity contribution in [2.75, 3.05) is 26.2 Å². The lowest BCUT2D eigenvalue weighted by Gasteiger charge is -2.26. The SMILES string of the molecule is Cc1ccc(CCCC(=O)NCCCC[C@H](N)C(=O)NCCCC[C@@H]2NC(=O)[C@@H](Cc3ccccc3)NC(=O)[C@H](CC(=O)O)NC(=O)CNC(=O)[C@H](CCCN=C(N)N)NC2=O)cc1. The summed E-state index contributed by atoms with van der Waals surface area (Å²) in [5.41, 5.74) is 20.0. The topological polar surface area (TPSA) is 331 Å². The second kappa shape index (κ2) is 28.2. The van der Waals surface area contributed by atoms with E-state index in [1.54, 1.807) is 30.3 Å². The van der Waals surface area contributed by atoms with E-state index in [9.17, 15) is 43.5 Å². The van der Waals surface area contributed by atoms with Crippen LogP contribution >= 0.6 is 0 Å². The number of nitrogens with two attached hydrogens (primary N) is 3. The number of benzene rings is 2. The van der Waals surface area contributed by atoms with Gasteiger partial charge in [0.15, 0.2) is 5.96 Å². The quantitative estimate of drug-likeness (QED) is 0.0366. The highest BCUT2D eigenvalue weighted by atomic mass is 16.4. The van der Waals surface area contributed by atoms with Gasteiger partial charge in [-0.05, 0) is 82.3 Å². The van der Waals surface area contributed by atoms with Crippen molar-refractivity contribution < 1.29 is 43.5 Å². The molecule has 20 nitrogen and oxygen atoms in total. The molecular weight excluding hydrogens is 827 g/mol. The lowest BCUT2D eigenvalue weighted by Crippen LogP contribution is -2.58. The van der Waals surface area contributed by atoms with Crippen LogP contribution in [0.15, 0.2) is 59.6 Å². The van der Waals surface area contributed by atoms with E-state index in [0.29, 0.717) is 50.6 Å². The Morgan fingerprint density at radius 2 is 1.33 bits per heavy atom. The minimum Gasteiger partial charge on any atom is -0.481 e. The number of guanidine groups is 1. The van der Waals surface area contributed by atoms with E-state index in [1.807, 2.05) is 6.92 Å². The summed E-state index contributed by atoms with van der Waals surface area (Å²) in [7, 11) is 0. The van der Waals surface area contributed by atoms with Crippen molar-refractivity contribution >= 4 is 53.3 Å². The van der Waals surface area contributed by atoms with E-state index in [1.165, 1.54) is 11.1 Å². The predicted octanol–water partition coefficient (Wildman–Crippen LogP) is -0.942.